The molecule has 3 aromatic rings. The third-order valence-corrected chi connectivity index (χ3v) is 11.7. The number of hydrogen-bond donors (Lipinski definition) is 1. The van der Waals surface area contributed by atoms with E-state index >= 15 is 0 Å². The molecule has 5 rings (SSSR count). The average molecular weight is 676 g/mol. The molecule has 10 heteroatoms. The summed E-state index contributed by atoms with van der Waals surface area (Å²) in [4.78, 5) is 28.4. The number of nitrogens with zero attached hydrogens (tertiary/aromatic N) is 1. The van der Waals surface area contributed by atoms with E-state index in [4.69, 9.17) is 14.2 Å². The molecule has 248 valence electrons. The number of carbonyl (C=O) groups excluding carboxylic acids is 2. The minimum atomic E-state index is -4.19. The highest BCUT2D eigenvalue weighted by Crippen LogP contribution is 2.47. The van der Waals surface area contributed by atoms with E-state index in [0.717, 1.165) is 55.0 Å². The third-order valence-electron chi connectivity index (χ3n) is 9.21. The van der Waals surface area contributed by atoms with E-state index in [-0.39, 0.29) is 34.5 Å². The second-order valence-corrected chi connectivity index (χ2v) is 16.4. The maximum absolute atomic E-state index is 13.9. The van der Waals surface area contributed by atoms with Gasteiger partial charge < -0.3 is 14.0 Å². The van der Waals surface area contributed by atoms with Crippen LogP contribution in [0.2, 0.25) is 0 Å². The van der Waals surface area contributed by atoms with Gasteiger partial charge in [-0.05, 0) is 109 Å². The van der Waals surface area contributed by atoms with Gasteiger partial charge in [0.15, 0.2) is 11.0 Å². The summed E-state index contributed by atoms with van der Waals surface area (Å²) >= 11 is 1.15. The van der Waals surface area contributed by atoms with Crippen LogP contribution in [0.5, 0.6) is 11.5 Å². The van der Waals surface area contributed by atoms with Crippen molar-refractivity contribution < 1.29 is 32.0 Å². The molecule has 0 radical (unpaired) electrons. The van der Waals surface area contributed by atoms with Gasteiger partial charge in [-0.25, -0.2) is 0 Å². The van der Waals surface area contributed by atoms with E-state index in [0.29, 0.717) is 28.9 Å². The Morgan fingerprint density at radius 1 is 1.02 bits per heavy atom. The normalized spacial score (nSPS) is 20.8. The lowest BCUT2D eigenvalue weighted by Gasteiger charge is -2.45. The van der Waals surface area contributed by atoms with Crippen molar-refractivity contribution in [2.45, 2.75) is 105 Å². The zero-order valence-corrected chi connectivity index (χ0v) is 28.9. The van der Waals surface area contributed by atoms with Gasteiger partial charge in [-0.2, -0.15) is 13.7 Å². The summed E-state index contributed by atoms with van der Waals surface area (Å²) in [5.41, 5.74) is 1.25. The number of thioether (sulfide) groups is 1. The van der Waals surface area contributed by atoms with Crippen LogP contribution in [0.4, 0.5) is 0 Å². The largest absolute Gasteiger partial charge is 0.508 e. The molecule has 2 atom stereocenters. The number of nitriles is 1. The molecule has 2 fully saturated rings. The molecule has 3 aromatic carbocycles. The standard InChI is InChI=1S/C37H41NO7S2/c1-24-20-33(30(36(2,3)4)21-32(24)45-47(42,43)29-16-12-26(23-38)13-17-29)46-34-31(40)22-37(44-35(34)41,27-8-6-5-7-9-27)19-18-25-10-14-28(39)15-11-25/h10-17,20-21,27,34,39H,5-9,18-19,22H2,1-4H3. The lowest BCUT2D eigenvalue weighted by atomic mass is 9.70. The van der Waals surface area contributed by atoms with Gasteiger partial charge >= 0.3 is 16.1 Å². The summed E-state index contributed by atoms with van der Waals surface area (Å²) in [6.07, 6.45) is 6.33. The van der Waals surface area contributed by atoms with Crippen LogP contribution < -0.4 is 4.18 Å². The van der Waals surface area contributed by atoms with Crippen LogP contribution in [0.25, 0.3) is 0 Å². The molecule has 1 saturated carbocycles. The van der Waals surface area contributed by atoms with Gasteiger partial charge in [0.1, 0.15) is 22.0 Å². The summed E-state index contributed by atoms with van der Waals surface area (Å²) in [5, 5.41) is 17.7. The maximum Gasteiger partial charge on any atom is 0.339 e. The van der Waals surface area contributed by atoms with Gasteiger partial charge in [0, 0.05) is 11.3 Å². The quantitative estimate of drug-likeness (QED) is 0.139. The Hall–Kier alpha value is -3.81. The lowest BCUT2D eigenvalue weighted by Crippen LogP contribution is -2.53. The van der Waals surface area contributed by atoms with Gasteiger partial charge in [0.05, 0.1) is 11.6 Å². The van der Waals surface area contributed by atoms with Crippen molar-refractivity contribution in [2.75, 3.05) is 0 Å². The summed E-state index contributed by atoms with van der Waals surface area (Å²) < 4.78 is 38.2. The van der Waals surface area contributed by atoms with Crippen LogP contribution in [0.1, 0.15) is 88.0 Å². The van der Waals surface area contributed by atoms with Crippen molar-refractivity contribution in [3.63, 3.8) is 0 Å². The number of ketones is 1. The molecule has 1 aliphatic heterocycles. The van der Waals surface area contributed by atoms with Crippen LogP contribution in [0.3, 0.4) is 0 Å². The predicted molar refractivity (Wildman–Crippen MR) is 180 cm³/mol. The molecule has 0 aromatic heterocycles. The second kappa shape index (κ2) is 13.7. The number of cyclic esters (lactones) is 1. The Morgan fingerprint density at radius 2 is 1.68 bits per heavy atom. The zero-order valence-electron chi connectivity index (χ0n) is 27.2. The number of carbonyl (C=O) groups is 2. The van der Waals surface area contributed by atoms with Crippen molar-refractivity contribution in [1.82, 2.24) is 0 Å². The first kappa shape index (κ1) is 34.5. The number of hydrogen-bond acceptors (Lipinski definition) is 9. The number of aryl methyl sites for hydroxylation is 2. The van der Waals surface area contributed by atoms with E-state index < -0.39 is 32.4 Å². The highest BCUT2D eigenvalue weighted by Gasteiger charge is 2.51. The minimum Gasteiger partial charge on any atom is -0.508 e. The molecule has 1 saturated heterocycles. The number of benzene rings is 3. The molecule has 0 spiro atoms. The fourth-order valence-corrected chi connectivity index (χ4v) is 8.90. The van der Waals surface area contributed by atoms with Gasteiger partial charge in [-0.1, -0.05) is 52.2 Å². The Morgan fingerprint density at radius 3 is 2.28 bits per heavy atom. The van der Waals surface area contributed by atoms with Crippen molar-refractivity contribution >= 4 is 33.6 Å². The van der Waals surface area contributed by atoms with Crippen LogP contribution in [-0.4, -0.2) is 36.1 Å². The molecule has 0 amide bonds. The number of ether oxygens (including phenoxy) is 1. The number of rotatable bonds is 9. The fraction of sp³-hybridized carbons (Fsp3) is 0.432. The zero-order chi connectivity index (χ0) is 34.0. The highest BCUT2D eigenvalue weighted by molar-refractivity contribution is 8.01. The predicted octanol–water partition coefficient (Wildman–Crippen LogP) is 7.57. The molecular weight excluding hydrogens is 635 g/mol. The molecule has 0 bridgehead atoms. The Kier molecular flexibility index (Phi) is 10.1. The Balaban J connectivity index is 1.40. The number of esters is 1. The first-order valence-electron chi connectivity index (χ1n) is 16.0. The first-order valence-corrected chi connectivity index (χ1v) is 18.3. The van der Waals surface area contributed by atoms with E-state index in [1.807, 2.05) is 39.0 Å². The summed E-state index contributed by atoms with van der Waals surface area (Å²) in [5.74, 6) is -0.263. The smallest absolute Gasteiger partial charge is 0.339 e. The molecule has 2 unspecified atom stereocenters. The van der Waals surface area contributed by atoms with Crippen LogP contribution in [0.15, 0.2) is 70.5 Å². The van der Waals surface area contributed by atoms with Gasteiger partial charge in [0.2, 0.25) is 0 Å². The van der Waals surface area contributed by atoms with Crippen LogP contribution in [-0.2, 0) is 36.3 Å². The number of Topliss-reactive ketones (excluding diaryl/α,β-unsaturated/α-hetero) is 1. The van der Waals surface area contributed by atoms with Gasteiger partial charge in [0.25, 0.3) is 0 Å². The molecule has 47 heavy (non-hydrogen) atoms. The van der Waals surface area contributed by atoms with Crippen molar-refractivity contribution in [3.05, 3.63) is 82.9 Å². The number of phenolic OH excluding ortho intramolecular Hbond substituents is 1. The first-order chi connectivity index (χ1) is 22.2. The van der Waals surface area contributed by atoms with Crippen LogP contribution >= 0.6 is 11.8 Å². The average Bonchev–Trinajstić information content (AvgIpc) is 3.03. The third kappa shape index (κ3) is 7.85. The molecule has 1 N–H and O–H groups in total. The van der Waals surface area contributed by atoms with Crippen LogP contribution in [0, 0.1) is 24.2 Å². The Labute approximate surface area is 281 Å². The van der Waals surface area contributed by atoms with E-state index in [1.165, 1.54) is 24.3 Å². The van der Waals surface area contributed by atoms with Gasteiger partial charge in [-0.3, -0.25) is 9.59 Å². The van der Waals surface area contributed by atoms with E-state index in [2.05, 4.69) is 0 Å². The van der Waals surface area contributed by atoms with Gasteiger partial charge in [-0.15, -0.1) is 11.8 Å². The van der Waals surface area contributed by atoms with Crippen molar-refractivity contribution in [2.24, 2.45) is 5.92 Å². The summed E-state index contributed by atoms with van der Waals surface area (Å²) in [7, 11) is -4.19. The number of aromatic hydroxyl groups is 1. The van der Waals surface area contributed by atoms with E-state index in [9.17, 15) is 23.1 Å². The van der Waals surface area contributed by atoms with Crippen molar-refractivity contribution in [3.8, 4) is 17.6 Å². The van der Waals surface area contributed by atoms with Crippen molar-refractivity contribution in [1.29, 1.82) is 5.26 Å². The summed E-state index contributed by atoms with van der Waals surface area (Å²) in [6, 6.07) is 17.9. The highest BCUT2D eigenvalue weighted by atomic mass is 32.2. The second-order valence-electron chi connectivity index (χ2n) is 13.7. The molecular formula is C37H41NO7S2. The molecule has 8 nitrogen and oxygen atoms in total. The topological polar surface area (TPSA) is 131 Å². The minimum absolute atomic E-state index is 0.0749. The lowest BCUT2D eigenvalue weighted by molar-refractivity contribution is -0.179. The molecule has 1 aliphatic carbocycles. The SMILES string of the molecule is Cc1cc(SC2C(=O)CC(CCc3ccc(O)cc3)(C3CCCCC3)OC2=O)c(C(C)(C)C)cc1OS(=O)(=O)c1ccc(C#N)cc1. The van der Waals surface area contributed by atoms with E-state index in [1.54, 1.807) is 31.2 Å². The fourth-order valence-electron chi connectivity index (χ4n) is 6.57. The number of phenols is 1. The Bertz CT molecular complexity index is 1760. The summed E-state index contributed by atoms with van der Waals surface area (Å²) in [6.45, 7) is 7.63. The monoisotopic (exact) mass is 675 g/mol. The molecule has 2 aliphatic rings. The molecule has 1 heterocycles. The maximum atomic E-state index is 13.9.